The second kappa shape index (κ2) is 5.60. The Bertz CT molecular complexity index is 330. The minimum Gasteiger partial charge on any atom is -0.425 e. The van der Waals surface area contributed by atoms with E-state index in [1.165, 1.54) is 0 Å². The van der Waals surface area contributed by atoms with Crippen molar-refractivity contribution in [1.29, 1.82) is 0 Å². The molecular formula is C11H11BrO2. The molecule has 0 unspecified atom stereocenters. The summed E-state index contributed by atoms with van der Waals surface area (Å²) in [7, 11) is 0. The van der Waals surface area contributed by atoms with Crippen molar-refractivity contribution >= 4 is 27.7 Å². The number of hydrogen-bond donors (Lipinski definition) is 0. The summed E-state index contributed by atoms with van der Waals surface area (Å²) < 4.78 is 5.11. The lowest BCUT2D eigenvalue weighted by Crippen LogP contribution is -2.01. The summed E-state index contributed by atoms with van der Waals surface area (Å²) in [6.45, 7) is 1.76. The minimum atomic E-state index is -0.237. The highest BCUT2D eigenvalue weighted by Gasteiger charge is 2.05. The van der Waals surface area contributed by atoms with Gasteiger partial charge in [-0.15, -0.1) is 0 Å². The molecule has 0 spiro atoms. The maximum Gasteiger partial charge on any atom is 0.310 e. The van der Waals surface area contributed by atoms with Crippen LogP contribution < -0.4 is 0 Å². The second-order valence-corrected chi connectivity index (χ2v) is 3.12. The molecule has 0 aliphatic heterocycles. The fourth-order valence-corrected chi connectivity index (χ4v) is 1.30. The first-order valence-electron chi connectivity index (χ1n) is 4.34. The highest BCUT2D eigenvalue weighted by molar-refractivity contribution is 9.11. The Hall–Kier alpha value is -1.09. The van der Waals surface area contributed by atoms with Gasteiger partial charge >= 0.3 is 5.97 Å². The van der Waals surface area contributed by atoms with Crippen LogP contribution in [0.2, 0.25) is 0 Å². The van der Waals surface area contributed by atoms with Crippen molar-refractivity contribution in [2.75, 3.05) is 0 Å². The maximum absolute atomic E-state index is 11.1. The summed E-state index contributed by atoms with van der Waals surface area (Å²) in [6.07, 6.45) is 0.372. The number of hydrogen-bond acceptors (Lipinski definition) is 2. The van der Waals surface area contributed by atoms with Crippen molar-refractivity contribution in [3.63, 3.8) is 0 Å². The van der Waals surface area contributed by atoms with Crippen LogP contribution in [0, 0.1) is 0 Å². The lowest BCUT2D eigenvalue weighted by molar-refractivity contribution is -0.136. The summed E-state index contributed by atoms with van der Waals surface area (Å²) in [5.41, 5.74) is 0.881. The van der Waals surface area contributed by atoms with E-state index in [1.807, 2.05) is 30.3 Å². The van der Waals surface area contributed by atoms with Gasteiger partial charge in [-0.05, 0) is 0 Å². The Labute approximate surface area is 91.7 Å². The Morgan fingerprint density at radius 1 is 1.43 bits per heavy atom. The van der Waals surface area contributed by atoms with E-state index >= 15 is 0 Å². The molecule has 0 aliphatic carbocycles. The summed E-state index contributed by atoms with van der Waals surface area (Å²) in [5, 5.41) is 0. The third-order valence-corrected chi connectivity index (χ3v) is 2.09. The summed E-state index contributed by atoms with van der Waals surface area (Å²) in [6, 6.07) is 9.47. The number of benzene rings is 1. The Kier molecular flexibility index (Phi) is 4.40. The van der Waals surface area contributed by atoms with Crippen molar-refractivity contribution in [2.45, 2.75) is 13.3 Å². The molecule has 0 heterocycles. The van der Waals surface area contributed by atoms with Gasteiger partial charge in [0.25, 0.3) is 0 Å². The lowest BCUT2D eigenvalue weighted by Gasteiger charge is -2.06. The zero-order valence-corrected chi connectivity index (χ0v) is 9.45. The van der Waals surface area contributed by atoms with Crippen LogP contribution >= 0.6 is 15.9 Å². The quantitative estimate of drug-likeness (QED) is 0.611. The van der Waals surface area contributed by atoms with Gasteiger partial charge in [-0.25, -0.2) is 0 Å². The van der Waals surface area contributed by atoms with E-state index in [4.69, 9.17) is 4.74 Å². The van der Waals surface area contributed by atoms with E-state index in [9.17, 15) is 4.79 Å². The number of ether oxygens (including phenoxy) is 1. The lowest BCUT2D eigenvalue weighted by atomic mass is 10.2. The van der Waals surface area contributed by atoms with Crippen LogP contribution in [0.5, 0.6) is 0 Å². The third kappa shape index (κ3) is 3.00. The average molecular weight is 255 g/mol. The van der Waals surface area contributed by atoms with Crippen molar-refractivity contribution < 1.29 is 9.53 Å². The first-order chi connectivity index (χ1) is 6.77. The van der Waals surface area contributed by atoms with Gasteiger partial charge in [0.2, 0.25) is 0 Å². The molecule has 1 aromatic carbocycles. The van der Waals surface area contributed by atoms with Crippen LogP contribution in [0.1, 0.15) is 18.9 Å². The van der Waals surface area contributed by atoms with Gasteiger partial charge in [0.05, 0.1) is 0 Å². The molecule has 0 atom stereocenters. The molecule has 0 saturated carbocycles. The molecule has 0 saturated heterocycles. The SMILES string of the molecule is CCC(=O)O/C(=C/Br)c1ccccc1. The van der Waals surface area contributed by atoms with Gasteiger partial charge in [0.1, 0.15) is 5.76 Å². The molecule has 3 heteroatoms. The van der Waals surface area contributed by atoms with E-state index < -0.39 is 0 Å². The predicted octanol–water partition coefficient (Wildman–Crippen LogP) is 3.33. The smallest absolute Gasteiger partial charge is 0.310 e. The monoisotopic (exact) mass is 254 g/mol. The molecule has 14 heavy (non-hydrogen) atoms. The second-order valence-electron chi connectivity index (χ2n) is 2.67. The molecule has 2 nitrogen and oxygen atoms in total. The van der Waals surface area contributed by atoms with Crippen molar-refractivity contribution in [2.24, 2.45) is 0 Å². The molecule has 1 aromatic rings. The number of esters is 1. The van der Waals surface area contributed by atoms with Crippen LogP contribution in [0.4, 0.5) is 0 Å². The van der Waals surface area contributed by atoms with Crippen molar-refractivity contribution in [3.05, 3.63) is 40.9 Å². The van der Waals surface area contributed by atoms with Crippen LogP contribution in [0.15, 0.2) is 35.3 Å². The van der Waals surface area contributed by atoms with Gasteiger partial charge in [0, 0.05) is 17.0 Å². The van der Waals surface area contributed by atoms with Gasteiger partial charge in [-0.3, -0.25) is 4.79 Å². The van der Waals surface area contributed by atoms with E-state index in [2.05, 4.69) is 15.9 Å². The van der Waals surface area contributed by atoms with Crippen LogP contribution in [0.3, 0.4) is 0 Å². The highest BCUT2D eigenvalue weighted by Crippen LogP contribution is 2.17. The van der Waals surface area contributed by atoms with E-state index in [0.717, 1.165) is 5.56 Å². The molecule has 0 fully saturated rings. The van der Waals surface area contributed by atoms with E-state index in [-0.39, 0.29) is 5.97 Å². The van der Waals surface area contributed by atoms with E-state index in [0.29, 0.717) is 12.2 Å². The zero-order valence-electron chi connectivity index (χ0n) is 7.87. The number of carbonyl (C=O) groups is 1. The first kappa shape index (κ1) is 11.0. The molecule has 1 rings (SSSR count). The fourth-order valence-electron chi connectivity index (χ4n) is 0.941. The van der Waals surface area contributed by atoms with Crippen LogP contribution in [0.25, 0.3) is 5.76 Å². The Morgan fingerprint density at radius 3 is 2.57 bits per heavy atom. The number of halogens is 1. The molecule has 0 amide bonds. The summed E-state index contributed by atoms with van der Waals surface area (Å²) in [5.74, 6) is 0.303. The fraction of sp³-hybridized carbons (Fsp3) is 0.182. The van der Waals surface area contributed by atoms with Crippen LogP contribution in [-0.2, 0) is 9.53 Å². The molecule has 0 aliphatic rings. The maximum atomic E-state index is 11.1. The van der Waals surface area contributed by atoms with Crippen molar-refractivity contribution in [3.8, 4) is 0 Å². The Balaban J connectivity index is 2.79. The normalized spacial score (nSPS) is 11.1. The van der Waals surface area contributed by atoms with Gasteiger partial charge < -0.3 is 4.74 Å². The number of rotatable bonds is 3. The average Bonchev–Trinajstić information content (AvgIpc) is 2.26. The molecule has 0 radical (unpaired) electrons. The predicted molar refractivity (Wildman–Crippen MR) is 59.7 cm³/mol. The van der Waals surface area contributed by atoms with Gasteiger partial charge in [0.15, 0.2) is 0 Å². The zero-order chi connectivity index (χ0) is 10.4. The third-order valence-electron chi connectivity index (χ3n) is 1.67. The standard InChI is InChI=1S/C11H11BrO2/c1-2-11(13)14-10(8-12)9-6-4-3-5-7-9/h3-8H,2H2,1H3/b10-8+. The van der Waals surface area contributed by atoms with Gasteiger partial charge in [-0.2, -0.15) is 0 Å². The highest BCUT2D eigenvalue weighted by atomic mass is 79.9. The molecule has 0 bridgehead atoms. The molecule has 74 valence electrons. The largest absolute Gasteiger partial charge is 0.425 e. The minimum absolute atomic E-state index is 0.237. The molecule has 0 aromatic heterocycles. The molecular weight excluding hydrogens is 244 g/mol. The topological polar surface area (TPSA) is 26.3 Å². The summed E-state index contributed by atoms with van der Waals surface area (Å²) in [4.78, 5) is 12.7. The Morgan fingerprint density at radius 2 is 2.07 bits per heavy atom. The summed E-state index contributed by atoms with van der Waals surface area (Å²) >= 11 is 3.17. The molecule has 0 N–H and O–H groups in total. The van der Waals surface area contributed by atoms with Crippen molar-refractivity contribution in [1.82, 2.24) is 0 Å². The number of carbonyl (C=O) groups excluding carboxylic acids is 1. The van der Waals surface area contributed by atoms with Gasteiger partial charge in [-0.1, -0.05) is 53.2 Å². The first-order valence-corrected chi connectivity index (χ1v) is 5.26. The van der Waals surface area contributed by atoms with Crippen LogP contribution in [-0.4, -0.2) is 5.97 Å². The van der Waals surface area contributed by atoms with E-state index in [1.54, 1.807) is 11.9 Å².